The van der Waals surface area contributed by atoms with E-state index in [0.29, 0.717) is 25.4 Å². The fourth-order valence-corrected chi connectivity index (χ4v) is 3.77. The molecule has 32 heavy (non-hydrogen) atoms. The highest BCUT2D eigenvalue weighted by Gasteiger charge is 2.24. The number of methoxy groups -OCH3 is 1. The molecule has 1 atom stereocenters. The smallest absolute Gasteiger partial charge is 0.255 e. The minimum Gasteiger partial charge on any atom is -0.377 e. The molecule has 172 valence electrons. The molecule has 7 nitrogen and oxygen atoms in total. The first-order chi connectivity index (χ1) is 15.4. The average Bonchev–Trinajstić information content (AvgIpc) is 3.26. The van der Waals surface area contributed by atoms with E-state index >= 15 is 0 Å². The number of rotatable bonds is 9. The van der Waals surface area contributed by atoms with Crippen LogP contribution in [0, 0.1) is 5.82 Å². The Morgan fingerprint density at radius 2 is 2.03 bits per heavy atom. The lowest BCUT2D eigenvalue weighted by Gasteiger charge is -2.28. The van der Waals surface area contributed by atoms with Crippen LogP contribution < -0.4 is 10.2 Å². The number of amides is 2. The molecule has 0 bridgehead atoms. The molecule has 0 aliphatic carbocycles. The van der Waals surface area contributed by atoms with E-state index in [-0.39, 0.29) is 24.2 Å². The van der Waals surface area contributed by atoms with Crippen LogP contribution >= 0.6 is 0 Å². The summed E-state index contributed by atoms with van der Waals surface area (Å²) in [4.78, 5) is 29.0. The van der Waals surface area contributed by atoms with Crippen LogP contribution in [0.3, 0.4) is 0 Å². The van der Waals surface area contributed by atoms with Crippen molar-refractivity contribution in [3.63, 3.8) is 0 Å². The summed E-state index contributed by atoms with van der Waals surface area (Å²) < 4.78 is 24.3. The normalized spacial score (nSPS) is 15.4. The van der Waals surface area contributed by atoms with Gasteiger partial charge in [-0.15, -0.1) is 0 Å². The highest BCUT2D eigenvalue weighted by molar-refractivity contribution is 6.04. The van der Waals surface area contributed by atoms with Gasteiger partial charge in [-0.25, -0.2) is 4.39 Å². The third-order valence-electron chi connectivity index (χ3n) is 5.34. The van der Waals surface area contributed by atoms with E-state index < -0.39 is 11.7 Å². The van der Waals surface area contributed by atoms with Gasteiger partial charge in [-0.2, -0.15) is 0 Å². The fraction of sp³-hybridized carbons (Fsp3) is 0.417. The lowest BCUT2D eigenvalue weighted by molar-refractivity contribution is -0.137. The number of halogens is 1. The van der Waals surface area contributed by atoms with Crippen molar-refractivity contribution >= 4 is 23.2 Å². The molecule has 0 unspecified atom stereocenters. The summed E-state index contributed by atoms with van der Waals surface area (Å²) >= 11 is 0. The molecule has 1 heterocycles. The van der Waals surface area contributed by atoms with Crippen LogP contribution in [0.1, 0.15) is 28.8 Å². The first-order valence-corrected chi connectivity index (χ1v) is 10.6. The quantitative estimate of drug-likeness (QED) is 0.644. The number of benzene rings is 2. The van der Waals surface area contributed by atoms with Crippen LogP contribution in [-0.4, -0.2) is 63.8 Å². The summed E-state index contributed by atoms with van der Waals surface area (Å²) in [6.07, 6.45) is 1.91. The van der Waals surface area contributed by atoms with Gasteiger partial charge in [0.2, 0.25) is 5.91 Å². The van der Waals surface area contributed by atoms with Gasteiger partial charge >= 0.3 is 0 Å². The van der Waals surface area contributed by atoms with Gasteiger partial charge in [-0.3, -0.25) is 9.59 Å². The van der Waals surface area contributed by atoms with Crippen molar-refractivity contribution < 1.29 is 23.5 Å². The predicted octanol–water partition coefficient (Wildman–Crippen LogP) is 3.30. The van der Waals surface area contributed by atoms with Crippen LogP contribution in [0.2, 0.25) is 0 Å². The molecule has 3 rings (SSSR count). The van der Waals surface area contributed by atoms with E-state index in [1.54, 1.807) is 17.0 Å². The Balaban J connectivity index is 1.83. The van der Waals surface area contributed by atoms with Crippen LogP contribution in [-0.2, 0) is 20.8 Å². The van der Waals surface area contributed by atoms with E-state index in [4.69, 9.17) is 9.47 Å². The van der Waals surface area contributed by atoms with E-state index in [1.165, 1.54) is 25.3 Å². The summed E-state index contributed by atoms with van der Waals surface area (Å²) in [6, 6.07) is 11.1. The molecule has 0 spiro atoms. The maximum absolute atomic E-state index is 13.5. The number of ether oxygens (including phenoxy) is 2. The lowest BCUT2D eigenvalue weighted by Crippen LogP contribution is -2.39. The number of nitrogens with one attached hydrogen (secondary N) is 1. The largest absolute Gasteiger partial charge is 0.377 e. The molecule has 1 aliphatic rings. The van der Waals surface area contributed by atoms with Crippen molar-refractivity contribution in [2.24, 2.45) is 0 Å². The van der Waals surface area contributed by atoms with E-state index in [9.17, 15) is 14.0 Å². The fourth-order valence-electron chi connectivity index (χ4n) is 3.77. The van der Waals surface area contributed by atoms with Crippen LogP contribution in [0.5, 0.6) is 0 Å². The second-order valence-electron chi connectivity index (χ2n) is 8.04. The third-order valence-corrected chi connectivity index (χ3v) is 5.34. The highest BCUT2D eigenvalue weighted by atomic mass is 19.1. The van der Waals surface area contributed by atoms with E-state index in [1.807, 2.05) is 31.1 Å². The summed E-state index contributed by atoms with van der Waals surface area (Å²) in [5, 5.41) is 2.82. The van der Waals surface area contributed by atoms with Gasteiger partial charge in [0.1, 0.15) is 12.4 Å². The number of carbonyl (C=O) groups excluding carboxylic acids is 2. The minimum atomic E-state index is -0.470. The predicted molar refractivity (Wildman–Crippen MR) is 121 cm³/mol. The molecule has 1 fully saturated rings. The molecule has 1 aliphatic heterocycles. The Morgan fingerprint density at radius 3 is 2.69 bits per heavy atom. The van der Waals surface area contributed by atoms with Gasteiger partial charge in [0.05, 0.1) is 6.10 Å². The van der Waals surface area contributed by atoms with Gasteiger partial charge in [0.15, 0.2) is 0 Å². The van der Waals surface area contributed by atoms with E-state index in [0.717, 1.165) is 24.1 Å². The molecular weight excluding hydrogens is 413 g/mol. The molecule has 2 amide bonds. The zero-order valence-corrected chi connectivity index (χ0v) is 18.8. The third kappa shape index (κ3) is 6.27. The number of hydrogen-bond donors (Lipinski definition) is 1. The first kappa shape index (κ1) is 23.7. The lowest BCUT2D eigenvalue weighted by atomic mass is 10.1. The molecule has 2 aromatic rings. The standard InChI is InChI=1S/C24H30FN3O4/c1-27(2)22-10-9-20(26-24(30)17-6-4-7-19(25)12-17)13-18(22)14-28(23(29)16-31-3)15-21-8-5-11-32-21/h4,6-7,9-10,12-13,21H,5,8,11,14-16H2,1-3H3,(H,26,30)/t21-/m0/s1. The van der Waals surface area contributed by atoms with Crippen molar-refractivity contribution in [1.82, 2.24) is 4.90 Å². The highest BCUT2D eigenvalue weighted by Crippen LogP contribution is 2.26. The van der Waals surface area contributed by atoms with Crippen molar-refractivity contribution in [1.29, 1.82) is 0 Å². The minimum absolute atomic E-state index is 0.00877. The number of anilines is 2. The van der Waals surface area contributed by atoms with Crippen molar-refractivity contribution in [2.45, 2.75) is 25.5 Å². The number of hydrogen-bond acceptors (Lipinski definition) is 5. The summed E-state index contributed by atoms with van der Waals surface area (Å²) in [5.41, 5.74) is 2.60. The Bertz CT molecular complexity index is 945. The van der Waals surface area contributed by atoms with E-state index in [2.05, 4.69) is 5.32 Å². The topological polar surface area (TPSA) is 71.1 Å². The maximum Gasteiger partial charge on any atom is 0.255 e. The van der Waals surface area contributed by atoms with Crippen molar-refractivity contribution in [3.8, 4) is 0 Å². The molecular formula is C24H30FN3O4. The zero-order valence-electron chi connectivity index (χ0n) is 18.8. The van der Waals surface area contributed by atoms with Crippen LogP contribution in [0.25, 0.3) is 0 Å². The maximum atomic E-state index is 13.5. The second-order valence-corrected chi connectivity index (χ2v) is 8.04. The zero-order chi connectivity index (χ0) is 23.1. The van der Waals surface area contributed by atoms with Gasteiger partial charge in [-0.1, -0.05) is 6.07 Å². The molecule has 8 heteroatoms. The SMILES string of the molecule is COCC(=O)N(Cc1cc(NC(=O)c2cccc(F)c2)ccc1N(C)C)C[C@@H]1CCCO1. The Morgan fingerprint density at radius 1 is 1.22 bits per heavy atom. The molecule has 2 aromatic carbocycles. The Labute approximate surface area is 188 Å². The Hall–Kier alpha value is -2.97. The average molecular weight is 444 g/mol. The number of nitrogens with zero attached hydrogens (tertiary/aromatic N) is 2. The van der Waals surface area contributed by atoms with Gasteiger partial charge in [-0.05, 0) is 54.8 Å². The molecule has 1 saturated heterocycles. The summed E-state index contributed by atoms with van der Waals surface area (Å²) in [7, 11) is 5.34. The molecule has 0 radical (unpaired) electrons. The number of carbonyl (C=O) groups is 2. The summed E-state index contributed by atoms with van der Waals surface area (Å²) in [6.45, 7) is 1.52. The van der Waals surface area contributed by atoms with Gasteiger partial charge in [0.25, 0.3) is 5.91 Å². The van der Waals surface area contributed by atoms with Crippen LogP contribution in [0.15, 0.2) is 42.5 Å². The molecule has 0 saturated carbocycles. The summed E-state index contributed by atoms with van der Waals surface area (Å²) in [5.74, 6) is -0.996. The van der Waals surface area contributed by atoms with Gasteiger partial charge < -0.3 is 24.6 Å². The first-order valence-electron chi connectivity index (χ1n) is 10.6. The Kier molecular flexibility index (Phi) is 8.19. The molecule has 0 aromatic heterocycles. The second kappa shape index (κ2) is 11.1. The van der Waals surface area contributed by atoms with Crippen molar-refractivity contribution in [3.05, 3.63) is 59.4 Å². The van der Waals surface area contributed by atoms with Crippen molar-refractivity contribution in [2.75, 3.05) is 51.2 Å². The van der Waals surface area contributed by atoms with Crippen LogP contribution in [0.4, 0.5) is 15.8 Å². The monoisotopic (exact) mass is 443 g/mol. The van der Waals surface area contributed by atoms with Gasteiger partial charge in [0, 0.05) is 57.8 Å². The molecule has 1 N–H and O–H groups in total.